The highest BCUT2D eigenvalue weighted by atomic mass is 19.2. The number of nitrogens with one attached hydrogen (secondary N) is 1. The Bertz CT molecular complexity index is 566. The maximum absolute atomic E-state index is 13.1. The molecule has 2 rings (SSSR count). The molecule has 0 amide bonds. The van der Waals surface area contributed by atoms with Crippen LogP contribution in [0.5, 0.6) is 0 Å². The van der Waals surface area contributed by atoms with Gasteiger partial charge in [0.2, 0.25) is 0 Å². The summed E-state index contributed by atoms with van der Waals surface area (Å²) < 4.78 is 27.7. The summed E-state index contributed by atoms with van der Waals surface area (Å²) in [6, 6.07) is 4.14. The molecule has 1 N–H and O–H groups in total. The van der Waals surface area contributed by atoms with Crippen LogP contribution in [0.4, 0.5) is 8.78 Å². The van der Waals surface area contributed by atoms with Crippen molar-refractivity contribution >= 4 is 0 Å². The van der Waals surface area contributed by atoms with Crippen molar-refractivity contribution in [3.05, 3.63) is 53.4 Å². The Morgan fingerprint density at radius 3 is 2.80 bits per heavy atom. The SMILES string of the molecule is CCCNC(C)c1cnn(Cc2ccc(F)c(F)c2)c1. The van der Waals surface area contributed by atoms with Crippen LogP contribution in [0, 0.1) is 11.6 Å². The third-order valence-electron chi connectivity index (χ3n) is 3.18. The van der Waals surface area contributed by atoms with E-state index >= 15 is 0 Å². The van der Waals surface area contributed by atoms with Gasteiger partial charge in [0.15, 0.2) is 11.6 Å². The van der Waals surface area contributed by atoms with Crippen LogP contribution in [0.3, 0.4) is 0 Å². The number of halogens is 2. The molecule has 0 radical (unpaired) electrons. The highest BCUT2D eigenvalue weighted by molar-refractivity contribution is 5.18. The molecule has 0 bridgehead atoms. The van der Waals surface area contributed by atoms with E-state index in [2.05, 4.69) is 24.3 Å². The van der Waals surface area contributed by atoms with E-state index in [1.807, 2.05) is 6.20 Å². The summed E-state index contributed by atoms with van der Waals surface area (Å²) in [5.74, 6) is -1.65. The van der Waals surface area contributed by atoms with Gasteiger partial charge in [-0.3, -0.25) is 4.68 Å². The van der Waals surface area contributed by atoms with E-state index in [0.717, 1.165) is 24.6 Å². The summed E-state index contributed by atoms with van der Waals surface area (Å²) >= 11 is 0. The van der Waals surface area contributed by atoms with Crippen molar-refractivity contribution in [3.8, 4) is 0 Å². The van der Waals surface area contributed by atoms with Crippen LogP contribution in [0.15, 0.2) is 30.6 Å². The second kappa shape index (κ2) is 6.61. The van der Waals surface area contributed by atoms with Crippen molar-refractivity contribution < 1.29 is 8.78 Å². The maximum atomic E-state index is 13.1. The molecule has 2 aromatic rings. The monoisotopic (exact) mass is 279 g/mol. The molecule has 0 aliphatic rings. The average Bonchev–Trinajstić information content (AvgIpc) is 2.89. The molecule has 1 unspecified atom stereocenters. The van der Waals surface area contributed by atoms with Gasteiger partial charge in [-0.2, -0.15) is 5.10 Å². The molecule has 0 spiro atoms. The molecule has 0 aliphatic carbocycles. The number of hydrogen-bond donors (Lipinski definition) is 1. The molecule has 20 heavy (non-hydrogen) atoms. The third kappa shape index (κ3) is 3.63. The zero-order valence-electron chi connectivity index (χ0n) is 11.7. The zero-order chi connectivity index (χ0) is 14.5. The van der Waals surface area contributed by atoms with Crippen LogP contribution < -0.4 is 5.32 Å². The minimum absolute atomic E-state index is 0.230. The van der Waals surface area contributed by atoms with E-state index < -0.39 is 11.6 Å². The smallest absolute Gasteiger partial charge is 0.159 e. The number of aromatic nitrogens is 2. The molecule has 0 aliphatic heterocycles. The van der Waals surface area contributed by atoms with Crippen molar-refractivity contribution in [2.24, 2.45) is 0 Å². The summed E-state index contributed by atoms with van der Waals surface area (Å²) in [7, 11) is 0. The van der Waals surface area contributed by atoms with Gasteiger partial charge in [-0.25, -0.2) is 8.78 Å². The molecule has 1 aromatic heterocycles. The van der Waals surface area contributed by atoms with Gasteiger partial charge in [0.1, 0.15) is 0 Å². The Kier molecular flexibility index (Phi) is 4.84. The van der Waals surface area contributed by atoms with Crippen molar-refractivity contribution in [1.29, 1.82) is 0 Å². The van der Waals surface area contributed by atoms with Gasteiger partial charge in [-0.05, 0) is 37.6 Å². The summed E-state index contributed by atoms with van der Waals surface area (Å²) in [6.45, 7) is 5.58. The summed E-state index contributed by atoms with van der Waals surface area (Å²) in [5, 5.41) is 7.63. The first-order chi connectivity index (χ1) is 9.60. The molecule has 5 heteroatoms. The van der Waals surface area contributed by atoms with Gasteiger partial charge in [-0.15, -0.1) is 0 Å². The van der Waals surface area contributed by atoms with E-state index in [0.29, 0.717) is 12.1 Å². The van der Waals surface area contributed by atoms with Crippen LogP contribution in [-0.4, -0.2) is 16.3 Å². The summed E-state index contributed by atoms with van der Waals surface area (Å²) in [4.78, 5) is 0. The second-order valence-electron chi connectivity index (χ2n) is 4.90. The lowest BCUT2D eigenvalue weighted by atomic mass is 10.2. The maximum Gasteiger partial charge on any atom is 0.159 e. The van der Waals surface area contributed by atoms with E-state index in [1.54, 1.807) is 16.9 Å². The number of hydrogen-bond acceptors (Lipinski definition) is 2. The Morgan fingerprint density at radius 2 is 2.10 bits per heavy atom. The van der Waals surface area contributed by atoms with Crippen LogP contribution >= 0.6 is 0 Å². The first kappa shape index (κ1) is 14.7. The van der Waals surface area contributed by atoms with Gasteiger partial charge in [-0.1, -0.05) is 13.0 Å². The molecule has 108 valence electrons. The Morgan fingerprint density at radius 1 is 1.30 bits per heavy atom. The first-order valence-electron chi connectivity index (χ1n) is 6.79. The van der Waals surface area contributed by atoms with Crippen molar-refractivity contribution in [2.45, 2.75) is 32.9 Å². The molecule has 1 atom stereocenters. The minimum Gasteiger partial charge on any atom is -0.310 e. The molecular formula is C15H19F2N3. The molecule has 3 nitrogen and oxygen atoms in total. The zero-order valence-corrected chi connectivity index (χ0v) is 11.7. The fraction of sp³-hybridized carbons (Fsp3) is 0.400. The summed E-state index contributed by atoms with van der Waals surface area (Å²) in [6.07, 6.45) is 4.80. The van der Waals surface area contributed by atoms with Gasteiger partial charge in [0.25, 0.3) is 0 Å². The molecular weight excluding hydrogens is 260 g/mol. The minimum atomic E-state index is -0.827. The van der Waals surface area contributed by atoms with Crippen LogP contribution in [-0.2, 0) is 6.54 Å². The Labute approximate surface area is 117 Å². The largest absolute Gasteiger partial charge is 0.310 e. The number of nitrogens with zero attached hydrogens (tertiary/aromatic N) is 2. The van der Waals surface area contributed by atoms with E-state index in [-0.39, 0.29) is 6.04 Å². The fourth-order valence-electron chi connectivity index (χ4n) is 1.99. The predicted molar refractivity (Wildman–Crippen MR) is 74.4 cm³/mol. The molecule has 1 aromatic carbocycles. The number of rotatable bonds is 6. The lowest BCUT2D eigenvalue weighted by Gasteiger charge is -2.10. The lowest BCUT2D eigenvalue weighted by Crippen LogP contribution is -2.18. The molecule has 0 saturated carbocycles. The molecule has 0 fully saturated rings. The highest BCUT2D eigenvalue weighted by Crippen LogP contribution is 2.13. The quantitative estimate of drug-likeness (QED) is 0.879. The van der Waals surface area contributed by atoms with Gasteiger partial charge in [0.05, 0.1) is 12.7 Å². The first-order valence-corrected chi connectivity index (χ1v) is 6.79. The van der Waals surface area contributed by atoms with Crippen molar-refractivity contribution in [2.75, 3.05) is 6.54 Å². The van der Waals surface area contributed by atoms with E-state index in [4.69, 9.17) is 0 Å². The van der Waals surface area contributed by atoms with Gasteiger partial charge >= 0.3 is 0 Å². The van der Waals surface area contributed by atoms with E-state index in [9.17, 15) is 8.78 Å². The van der Waals surface area contributed by atoms with E-state index in [1.165, 1.54) is 6.07 Å². The molecule has 1 heterocycles. The summed E-state index contributed by atoms with van der Waals surface area (Å²) in [5.41, 5.74) is 1.77. The fourth-order valence-corrected chi connectivity index (χ4v) is 1.99. The highest BCUT2D eigenvalue weighted by Gasteiger charge is 2.08. The van der Waals surface area contributed by atoms with Gasteiger partial charge < -0.3 is 5.32 Å². The predicted octanol–water partition coefficient (Wildman–Crippen LogP) is 3.27. The standard InChI is InChI=1S/C15H19F2N3/c1-3-6-18-11(2)13-8-19-20(10-13)9-12-4-5-14(16)15(17)7-12/h4-5,7-8,10-11,18H,3,6,9H2,1-2H3. The third-order valence-corrected chi connectivity index (χ3v) is 3.18. The second-order valence-corrected chi connectivity index (χ2v) is 4.90. The average molecular weight is 279 g/mol. The van der Waals surface area contributed by atoms with Crippen LogP contribution in [0.2, 0.25) is 0 Å². The topological polar surface area (TPSA) is 29.9 Å². The van der Waals surface area contributed by atoms with Crippen molar-refractivity contribution in [3.63, 3.8) is 0 Å². The van der Waals surface area contributed by atoms with Crippen LogP contribution in [0.25, 0.3) is 0 Å². The lowest BCUT2D eigenvalue weighted by molar-refractivity contribution is 0.505. The number of benzene rings is 1. The normalized spacial score (nSPS) is 12.6. The molecule has 0 saturated heterocycles. The Balaban J connectivity index is 2.03. The Hall–Kier alpha value is -1.75. The van der Waals surface area contributed by atoms with Crippen LogP contribution in [0.1, 0.15) is 37.4 Å². The van der Waals surface area contributed by atoms with Gasteiger partial charge in [0, 0.05) is 17.8 Å². The van der Waals surface area contributed by atoms with Crippen molar-refractivity contribution in [1.82, 2.24) is 15.1 Å².